The van der Waals surface area contributed by atoms with Crippen molar-refractivity contribution < 1.29 is 19.4 Å². The fourth-order valence-electron chi connectivity index (χ4n) is 3.10. The summed E-state index contributed by atoms with van der Waals surface area (Å²) in [5.74, 6) is 0.216. The fourth-order valence-corrected chi connectivity index (χ4v) is 3.10. The van der Waals surface area contributed by atoms with Crippen molar-refractivity contribution in [2.24, 2.45) is 0 Å². The Morgan fingerprint density at radius 3 is 2.10 bits per heavy atom. The average molecular weight is 399 g/mol. The lowest BCUT2D eigenvalue weighted by atomic mass is 10.0. The summed E-state index contributed by atoms with van der Waals surface area (Å²) < 4.78 is 11.9. The molecule has 158 valence electrons. The summed E-state index contributed by atoms with van der Waals surface area (Å²) in [6.45, 7) is 3.52. The second-order valence-corrected chi connectivity index (χ2v) is 7.56. The normalized spacial score (nSPS) is 13.2. The predicted molar refractivity (Wildman–Crippen MR) is 116 cm³/mol. The van der Waals surface area contributed by atoms with Gasteiger partial charge >= 0.3 is 0 Å². The summed E-state index contributed by atoms with van der Waals surface area (Å²) in [7, 11) is 0. The Labute approximate surface area is 174 Å². The number of ketones is 1. The van der Waals surface area contributed by atoms with Crippen molar-refractivity contribution in [1.29, 1.82) is 0 Å². The molecule has 2 aromatic rings. The maximum absolute atomic E-state index is 11.9. The Kier molecular flexibility index (Phi) is 11.3. The molecule has 2 rings (SSSR count). The first-order valence-corrected chi connectivity index (χ1v) is 10.6. The molecule has 0 spiro atoms. The molecule has 1 N–H and O–H groups in total. The summed E-state index contributed by atoms with van der Waals surface area (Å²) in [5.41, 5.74) is 2.31. The minimum absolute atomic E-state index is 0.0653. The largest absolute Gasteiger partial charge is 0.393 e. The highest BCUT2D eigenvalue weighted by atomic mass is 16.5. The van der Waals surface area contributed by atoms with Crippen LogP contribution in [0.5, 0.6) is 0 Å². The first-order chi connectivity index (χ1) is 14.1. The molecule has 0 fully saturated rings. The molecular weight excluding hydrogens is 364 g/mol. The van der Waals surface area contributed by atoms with Gasteiger partial charge in [0.25, 0.3) is 0 Å². The van der Waals surface area contributed by atoms with Gasteiger partial charge in [-0.15, -0.1) is 0 Å². The number of carbonyl (C=O) groups excluding carboxylic acids is 1. The van der Waals surface area contributed by atoms with Crippen molar-refractivity contribution in [3.05, 3.63) is 71.8 Å². The molecule has 2 aromatic carbocycles. The molecule has 0 heterocycles. The molecule has 0 saturated carbocycles. The van der Waals surface area contributed by atoms with Gasteiger partial charge in [-0.25, -0.2) is 0 Å². The number of benzene rings is 2. The lowest BCUT2D eigenvalue weighted by Crippen LogP contribution is -2.16. The van der Waals surface area contributed by atoms with E-state index in [0.717, 1.165) is 30.4 Å². The van der Waals surface area contributed by atoms with E-state index in [1.54, 1.807) is 6.92 Å². The molecule has 0 aromatic heterocycles. The van der Waals surface area contributed by atoms with Crippen LogP contribution in [0.3, 0.4) is 0 Å². The third-order valence-electron chi connectivity index (χ3n) is 4.85. The van der Waals surface area contributed by atoms with Gasteiger partial charge in [0.15, 0.2) is 0 Å². The monoisotopic (exact) mass is 398 g/mol. The zero-order valence-electron chi connectivity index (χ0n) is 17.5. The highest BCUT2D eigenvalue weighted by molar-refractivity contribution is 5.78. The van der Waals surface area contributed by atoms with Gasteiger partial charge < -0.3 is 14.6 Å². The summed E-state index contributed by atoms with van der Waals surface area (Å²) in [6, 6.07) is 20.3. The second kappa shape index (κ2) is 14.0. The van der Waals surface area contributed by atoms with E-state index in [-0.39, 0.29) is 11.9 Å². The fraction of sp³-hybridized carbons (Fsp3) is 0.480. The smallest absolute Gasteiger partial charge is 0.133 e. The van der Waals surface area contributed by atoms with Crippen LogP contribution < -0.4 is 0 Å². The molecule has 0 bridgehead atoms. The molecule has 0 aliphatic rings. The van der Waals surface area contributed by atoms with Gasteiger partial charge in [-0.2, -0.15) is 0 Å². The van der Waals surface area contributed by atoms with Crippen molar-refractivity contribution in [1.82, 2.24) is 0 Å². The van der Waals surface area contributed by atoms with Crippen molar-refractivity contribution in [3.63, 3.8) is 0 Å². The van der Waals surface area contributed by atoms with E-state index >= 15 is 0 Å². The van der Waals surface area contributed by atoms with Crippen LogP contribution in [0.4, 0.5) is 0 Å². The third-order valence-corrected chi connectivity index (χ3v) is 4.85. The number of hydrogen-bond acceptors (Lipinski definition) is 4. The molecular formula is C25H34O4. The van der Waals surface area contributed by atoms with Crippen LogP contribution in [0.25, 0.3) is 0 Å². The van der Waals surface area contributed by atoms with Gasteiger partial charge in [-0.1, -0.05) is 60.7 Å². The van der Waals surface area contributed by atoms with E-state index in [1.165, 1.54) is 0 Å². The number of rotatable bonds is 15. The number of aliphatic hydroxyl groups excluding tert-OH is 1. The molecule has 0 unspecified atom stereocenters. The highest BCUT2D eigenvalue weighted by Crippen LogP contribution is 2.14. The zero-order valence-corrected chi connectivity index (χ0v) is 17.5. The third kappa shape index (κ3) is 10.9. The van der Waals surface area contributed by atoms with Gasteiger partial charge in [0.2, 0.25) is 0 Å². The first kappa shape index (κ1) is 23.3. The van der Waals surface area contributed by atoms with E-state index in [0.29, 0.717) is 39.1 Å². The average Bonchev–Trinajstić information content (AvgIpc) is 2.74. The van der Waals surface area contributed by atoms with Crippen LogP contribution in [-0.2, 0) is 27.5 Å². The van der Waals surface area contributed by atoms with Gasteiger partial charge in [0.1, 0.15) is 5.78 Å². The number of aliphatic hydroxyl groups is 1. The topological polar surface area (TPSA) is 55.8 Å². The molecule has 0 amide bonds. The van der Waals surface area contributed by atoms with Crippen LogP contribution >= 0.6 is 0 Å². The van der Waals surface area contributed by atoms with Gasteiger partial charge in [0, 0.05) is 19.4 Å². The number of Topliss-reactive ketones (excluding diaryl/α,β-unsaturated/α-hetero) is 1. The van der Waals surface area contributed by atoms with Gasteiger partial charge in [-0.3, -0.25) is 4.79 Å². The molecule has 0 saturated heterocycles. The van der Waals surface area contributed by atoms with Crippen molar-refractivity contribution in [3.8, 4) is 0 Å². The van der Waals surface area contributed by atoms with Crippen LogP contribution in [0, 0.1) is 0 Å². The standard InChI is InChI=1S/C25H34O4/c1-21(26)15-16-24(27)13-8-14-25(29-20-23-11-6-3-7-12-23)17-18-28-19-22-9-4-2-5-10-22/h2-7,9-12,21,25-26H,8,13-20H2,1H3/t21-,25+/m1/s1. The maximum Gasteiger partial charge on any atom is 0.133 e. The van der Waals surface area contributed by atoms with E-state index in [9.17, 15) is 9.90 Å². The van der Waals surface area contributed by atoms with E-state index in [2.05, 4.69) is 24.3 Å². The van der Waals surface area contributed by atoms with Gasteiger partial charge in [-0.05, 0) is 43.7 Å². The van der Waals surface area contributed by atoms with E-state index in [1.807, 2.05) is 36.4 Å². The summed E-state index contributed by atoms with van der Waals surface area (Å²) >= 11 is 0. The number of hydrogen-bond donors (Lipinski definition) is 1. The Balaban J connectivity index is 1.73. The minimum atomic E-state index is -0.414. The number of ether oxygens (including phenoxy) is 2. The van der Waals surface area contributed by atoms with Crippen LogP contribution in [0.15, 0.2) is 60.7 Å². The Bertz CT molecular complexity index is 670. The minimum Gasteiger partial charge on any atom is -0.393 e. The summed E-state index contributed by atoms with van der Waals surface area (Å²) in [5, 5.41) is 9.31. The van der Waals surface area contributed by atoms with Crippen molar-refractivity contribution >= 4 is 5.78 Å². The Morgan fingerprint density at radius 1 is 0.862 bits per heavy atom. The Hall–Kier alpha value is -2.01. The highest BCUT2D eigenvalue weighted by Gasteiger charge is 2.12. The van der Waals surface area contributed by atoms with Crippen LogP contribution in [-0.4, -0.2) is 29.7 Å². The summed E-state index contributed by atoms with van der Waals surface area (Å²) in [4.78, 5) is 11.9. The van der Waals surface area contributed by atoms with Crippen LogP contribution in [0.1, 0.15) is 56.6 Å². The molecule has 0 radical (unpaired) electrons. The van der Waals surface area contributed by atoms with E-state index in [4.69, 9.17) is 9.47 Å². The molecule has 0 aliphatic carbocycles. The second-order valence-electron chi connectivity index (χ2n) is 7.56. The first-order valence-electron chi connectivity index (χ1n) is 10.6. The van der Waals surface area contributed by atoms with Crippen molar-refractivity contribution in [2.75, 3.05) is 6.61 Å². The predicted octanol–water partition coefficient (Wildman–Crippen LogP) is 5.08. The van der Waals surface area contributed by atoms with Crippen molar-refractivity contribution in [2.45, 2.75) is 70.9 Å². The van der Waals surface area contributed by atoms with Crippen LogP contribution in [0.2, 0.25) is 0 Å². The molecule has 2 atom stereocenters. The molecule has 4 heteroatoms. The van der Waals surface area contributed by atoms with Gasteiger partial charge in [0.05, 0.1) is 25.4 Å². The SMILES string of the molecule is C[C@@H](O)CCC(=O)CCC[C@@H](CCOCc1ccccc1)OCc1ccccc1. The molecule has 29 heavy (non-hydrogen) atoms. The molecule has 4 nitrogen and oxygen atoms in total. The van der Waals surface area contributed by atoms with E-state index < -0.39 is 6.10 Å². The molecule has 0 aliphatic heterocycles. The lowest BCUT2D eigenvalue weighted by Gasteiger charge is -2.18. The quantitative estimate of drug-likeness (QED) is 0.425. The number of carbonyl (C=O) groups is 1. The summed E-state index contributed by atoms with van der Waals surface area (Å²) in [6.07, 6.45) is 3.63. The lowest BCUT2D eigenvalue weighted by molar-refractivity contribution is -0.119. The zero-order chi connectivity index (χ0) is 20.7. The maximum atomic E-state index is 11.9. The Morgan fingerprint density at radius 2 is 1.48 bits per heavy atom.